The Labute approximate surface area is 51.6 Å². The van der Waals surface area contributed by atoms with Gasteiger partial charge in [0.25, 0.3) is 0 Å². The van der Waals surface area contributed by atoms with Crippen LogP contribution in [0.4, 0.5) is 0 Å². The normalized spacial score (nSPS) is 12.6. The highest BCUT2D eigenvalue weighted by Crippen LogP contribution is 1.84. The topological polar surface area (TPSA) is 106 Å². The fourth-order valence-corrected chi connectivity index (χ4v) is 0.304. The summed E-state index contributed by atoms with van der Waals surface area (Å²) in [6, 6.07) is -1.16. The van der Waals surface area contributed by atoms with Crippen LogP contribution in [0, 0.1) is 0 Å². The minimum Gasteiger partial charge on any atom is -0.480 e. The number of aliphatic carboxylic acids is 1. The molecule has 0 aromatic rings. The zero-order chi connectivity index (χ0) is 7.44. The molecule has 0 saturated heterocycles. The van der Waals surface area contributed by atoms with Crippen molar-refractivity contribution in [3.05, 3.63) is 0 Å². The highest BCUT2D eigenvalue weighted by Gasteiger charge is 2.13. The maximum Gasteiger partial charge on any atom is 0.321 e. The number of rotatable bonds is 3. The smallest absolute Gasteiger partial charge is 0.321 e. The van der Waals surface area contributed by atoms with E-state index in [0.717, 1.165) is 0 Å². The molecule has 1 amide bonds. The van der Waals surface area contributed by atoms with E-state index in [-0.39, 0.29) is 6.42 Å². The van der Waals surface area contributed by atoms with Crippen LogP contribution in [0.15, 0.2) is 0 Å². The predicted molar refractivity (Wildman–Crippen MR) is 29.4 cm³/mol. The lowest BCUT2D eigenvalue weighted by atomic mass is 10.2. The monoisotopic (exact) mass is 133 g/mol. The van der Waals surface area contributed by atoms with Gasteiger partial charge in [-0.2, -0.15) is 0 Å². The Morgan fingerprint density at radius 2 is 2.00 bits per heavy atom. The van der Waals surface area contributed by atoms with Gasteiger partial charge in [-0.15, -0.1) is 0 Å². The number of carbonyl (C=O) groups excluding carboxylic acids is 1. The lowest BCUT2D eigenvalue weighted by molar-refractivity contribution is -0.140. The quantitative estimate of drug-likeness (QED) is 0.398. The van der Waals surface area contributed by atoms with Crippen LogP contribution < -0.4 is 11.5 Å². The van der Waals surface area contributed by atoms with E-state index < -0.39 is 17.9 Å². The molecule has 0 fully saturated rings. The predicted octanol–water partition coefficient (Wildman–Crippen LogP) is -1.73. The molecule has 0 unspecified atom stereocenters. The van der Waals surface area contributed by atoms with Crippen molar-refractivity contribution in [3.63, 3.8) is 0 Å². The maximum atomic E-state index is 9.99. The van der Waals surface area contributed by atoms with E-state index in [1.165, 1.54) is 0 Å². The summed E-state index contributed by atoms with van der Waals surface area (Å²) in [5.74, 6) is -1.92. The van der Waals surface area contributed by atoms with Crippen molar-refractivity contribution in [3.8, 4) is 0 Å². The Morgan fingerprint density at radius 3 is 2.11 bits per heavy atom. The van der Waals surface area contributed by atoms with Crippen molar-refractivity contribution in [2.45, 2.75) is 12.5 Å². The van der Waals surface area contributed by atoms with Crippen molar-refractivity contribution in [1.82, 2.24) is 0 Å². The minimum atomic E-state index is -1.21. The highest BCUT2D eigenvalue weighted by atomic mass is 16.4. The minimum absolute atomic E-state index is 0.310. The molecule has 0 heterocycles. The standard InChI is InChI=1S/C4H8N2O3/c5-2(4(8)9)1-3(6)7/h2H,1,5H2,(H2,6,7)(H,8,9)/t2-/m0/s1/i5+1. The Morgan fingerprint density at radius 1 is 1.56 bits per heavy atom. The van der Waals surface area contributed by atoms with Crippen molar-refractivity contribution >= 4 is 11.9 Å². The first kappa shape index (κ1) is 7.90. The molecule has 0 aliphatic carbocycles. The van der Waals surface area contributed by atoms with E-state index in [0.29, 0.717) is 0 Å². The number of primary amides is 1. The molecule has 5 N–H and O–H groups in total. The third-order valence-electron chi connectivity index (χ3n) is 0.738. The average molecular weight is 133 g/mol. The Bertz CT molecular complexity index is 134. The van der Waals surface area contributed by atoms with Gasteiger partial charge in [-0.1, -0.05) is 0 Å². The molecule has 9 heavy (non-hydrogen) atoms. The molecule has 0 radical (unpaired) electrons. The molecule has 0 aliphatic heterocycles. The fourth-order valence-electron chi connectivity index (χ4n) is 0.304. The summed E-state index contributed by atoms with van der Waals surface area (Å²) in [7, 11) is 0. The van der Waals surface area contributed by atoms with Crippen LogP contribution in [-0.2, 0) is 9.59 Å². The summed E-state index contributed by atoms with van der Waals surface area (Å²) in [4.78, 5) is 19.9. The molecule has 52 valence electrons. The van der Waals surface area contributed by atoms with E-state index in [2.05, 4.69) is 5.73 Å². The number of hydrogen-bond donors (Lipinski definition) is 3. The van der Waals surface area contributed by atoms with Gasteiger partial charge in [0.1, 0.15) is 6.04 Å². The van der Waals surface area contributed by atoms with Crippen LogP contribution in [0.1, 0.15) is 6.42 Å². The van der Waals surface area contributed by atoms with Gasteiger partial charge in [-0.05, 0) is 0 Å². The average Bonchev–Trinajstić information content (AvgIpc) is 1.63. The molecule has 0 bridgehead atoms. The Kier molecular flexibility index (Phi) is 2.66. The van der Waals surface area contributed by atoms with Crippen molar-refractivity contribution in [2.24, 2.45) is 11.5 Å². The molecule has 5 heteroatoms. The van der Waals surface area contributed by atoms with Gasteiger partial charge in [0.05, 0.1) is 6.42 Å². The van der Waals surface area contributed by atoms with Gasteiger partial charge in [0.15, 0.2) is 0 Å². The van der Waals surface area contributed by atoms with Crippen LogP contribution in [0.5, 0.6) is 0 Å². The second-order valence-corrected chi connectivity index (χ2v) is 1.62. The molecule has 0 spiro atoms. The van der Waals surface area contributed by atoms with Crippen molar-refractivity contribution in [2.75, 3.05) is 0 Å². The third-order valence-corrected chi connectivity index (χ3v) is 0.738. The lowest BCUT2D eigenvalue weighted by Crippen LogP contribution is -2.34. The first-order chi connectivity index (χ1) is 4.04. The lowest BCUT2D eigenvalue weighted by Gasteiger charge is -1.99. The zero-order valence-electron chi connectivity index (χ0n) is 4.70. The SMILES string of the molecule is NC(=O)C[C@H]([15NH2])C(=O)O. The second-order valence-electron chi connectivity index (χ2n) is 1.62. The summed E-state index contributed by atoms with van der Waals surface area (Å²) in [5, 5.41) is 8.10. The maximum absolute atomic E-state index is 9.99. The molecule has 1 atom stereocenters. The number of carbonyl (C=O) groups is 2. The number of carboxylic acid groups (broad SMARTS) is 1. The largest absolute Gasteiger partial charge is 0.480 e. The van der Waals surface area contributed by atoms with Crippen LogP contribution >= 0.6 is 0 Å². The second kappa shape index (κ2) is 3.03. The number of carboxylic acids is 1. The first-order valence-corrected chi connectivity index (χ1v) is 2.30. The number of amides is 1. The van der Waals surface area contributed by atoms with Crippen molar-refractivity contribution < 1.29 is 14.7 Å². The van der Waals surface area contributed by atoms with E-state index in [4.69, 9.17) is 10.8 Å². The Balaban J connectivity index is 3.63. The van der Waals surface area contributed by atoms with Gasteiger partial charge in [0.2, 0.25) is 5.91 Å². The molecular formula is C4H8N2O3. The highest BCUT2D eigenvalue weighted by molar-refractivity contribution is 5.82. The van der Waals surface area contributed by atoms with Gasteiger partial charge in [-0.25, -0.2) is 0 Å². The number of hydrogen-bond acceptors (Lipinski definition) is 3. The first-order valence-electron chi connectivity index (χ1n) is 2.30. The summed E-state index contributed by atoms with van der Waals surface area (Å²) in [6.07, 6.45) is -0.310. The fraction of sp³-hybridized carbons (Fsp3) is 0.500. The van der Waals surface area contributed by atoms with E-state index in [1.807, 2.05) is 0 Å². The van der Waals surface area contributed by atoms with E-state index in [9.17, 15) is 9.59 Å². The van der Waals surface area contributed by atoms with Crippen LogP contribution in [-0.4, -0.2) is 23.0 Å². The van der Waals surface area contributed by atoms with Gasteiger partial charge in [0, 0.05) is 0 Å². The summed E-state index contributed by atoms with van der Waals surface area (Å²) >= 11 is 0. The van der Waals surface area contributed by atoms with E-state index >= 15 is 0 Å². The molecule has 0 rings (SSSR count). The molecular weight excluding hydrogens is 125 g/mol. The number of nitrogens with two attached hydrogens (primary N) is 2. The van der Waals surface area contributed by atoms with Crippen LogP contribution in [0.25, 0.3) is 0 Å². The van der Waals surface area contributed by atoms with Crippen LogP contribution in [0.3, 0.4) is 0 Å². The summed E-state index contributed by atoms with van der Waals surface area (Å²) < 4.78 is 0. The van der Waals surface area contributed by atoms with Crippen molar-refractivity contribution in [1.29, 1.82) is 0 Å². The van der Waals surface area contributed by atoms with E-state index in [1.54, 1.807) is 0 Å². The Hall–Kier alpha value is -1.10. The van der Waals surface area contributed by atoms with Crippen LogP contribution in [0.2, 0.25) is 0 Å². The molecule has 0 aliphatic rings. The summed E-state index contributed by atoms with van der Waals surface area (Å²) in [6.45, 7) is 0. The third kappa shape index (κ3) is 3.48. The summed E-state index contributed by atoms with van der Waals surface area (Å²) in [5.41, 5.74) is 9.57. The van der Waals surface area contributed by atoms with Gasteiger partial charge in [-0.3, -0.25) is 9.59 Å². The molecule has 5 nitrogen and oxygen atoms in total. The van der Waals surface area contributed by atoms with Gasteiger partial charge >= 0.3 is 5.97 Å². The van der Waals surface area contributed by atoms with Gasteiger partial charge < -0.3 is 16.6 Å². The zero-order valence-corrected chi connectivity index (χ0v) is 4.70. The molecule has 0 saturated carbocycles. The molecule has 0 aromatic heterocycles. The molecule has 0 aromatic carbocycles.